The van der Waals surface area contributed by atoms with Crippen LogP contribution in [-0.2, 0) is 16.2 Å². The van der Waals surface area contributed by atoms with Crippen molar-refractivity contribution in [3.05, 3.63) is 101 Å². The summed E-state index contributed by atoms with van der Waals surface area (Å²) in [5, 5.41) is 11.3. The summed E-state index contributed by atoms with van der Waals surface area (Å²) in [6.45, 7) is 3.47. The van der Waals surface area contributed by atoms with Crippen LogP contribution in [0.25, 0.3) is 5.76 Å². The monoisotopic (exact) mass is 485 g/mol. The number of benzene rings is 2. The smallest absolute Gasteiger partial charge is 0.295 e. The van der Waals surface area contributed by atoms with Crippen molar-refractivity contribution in [3.8, 4) is 5.75 Å². The molecule has 3 aromatic rings. The van der Waals surface area contributed by atoms with Gasteiger partial charge in [-0.15, -0.1) is 0 Å². The second kappa shape index (κ2) is 11.2. The Morgan fingerprint density at radius 1 is 1.08 bits per heavy atom. The van der Waals surface area contributed by atoms with Crippen LogP contribution in [0.4, 0.5) is 0 Å². The Hall–Kier alpha value is -3.97. The Balaban J connectivity index is 1.66. The fraction of sp³-hybridized carbons (Fsp3) is 0.276. The van der Waals surface area contributed by atoms with Gasteiger partial charge in [0, 0.05) is 24.5 Å². The Bertz CT molecular complexity index is 1260. The van der Waals surface area contributed by atoms with E-state index in [1.165, 1.54) is 0 Å². The van der Waals surface area contributed by atoms with Crippen LogP contribution in [0.1, 0.15) is 34.7 Å². The fourth-order valence-electron chi connectivity index (χ4n) is 4.40. The van der Waals surface area contributed by atoms with Crippen LogP contribution in [-0.4, -0.2) is 58.8 Å². The molecule has 36 heavy (non-hydrogen) atoms. The molecule has 1 aliphatic rings. The number of carbonyl (C=O) groups excluding carboxylic acids is 2. The van der Waals surface area contributed by atoms with Crippen LogP contribution in [0.5, 0.6) is 5.75 Å². The molecule has 2 heterocycles. The average Bonchev–Trinajstić information content (AvgIpc) is 3.13. The van der Waals surface area contributed by atoms with E-state index in [0.717, 1.165) is 17.7 Å². The zero-order chi connectivity index (χ0) is 25.7. The van der Waals surface area contributed by atoms with Gasteiger partial charge in [-0.25, -0.2) is 0 Å². The van der Waals surface area contributed by atoms with Crippen molar-refractivity contribution < 1.29 is 19.4 Å². The van der Waals surface area contributed by atoms with Crippen molar-refractivity contribution in [2.75, 3.05) is 27.2 Å². The van der Waals surface area contributed by atoms with E-state index in [-0.39, 0.29) is 11.3 Å². The molecule has 4 rings (SSSR count). The number of rotatable bonds is 9. The molecular formula is C29H31N3O4. The molecule has 186 valence electrons. The summed E-state index contributed by atoms with van der Waals surface area (Å²) in [5.74, 6) is -0.810. The zero-order valence-corrected chi connectivity index (χ0v) is 20.8. The third kappa shape index (κ3) is 5.47. The molecule has 1 atom stereocenters. The SMILES string of the molecule is Cc1cc(/C(O)=C2\C(=O)C(=O)N(CCCN(C)C)[C@@H]2c2cccnc2)ccc1OCc1ccccc1. The Morgan fingerprint density at radius 3 is 2.53 bits per heavy atom. The lowest BCUT2D eigenvalue weighted by Crippen LogP contribution is -2.32. The molecule has 1 aliphatic heterocycles. The zero-order valence-electron chi connectivity index (χ0n) is 20.8. The molecule has 1 amide bonds. The molecule has 0 saturated carbocycles. The summed E-state index contributed by atoms with van der Waals surface area (Å²) in [4.78, 5) is 33.9. The summed E-state index contributed by atoms with van der Waals surface area (Å²) in [7, 11) is 3.92. The predicted molar refractivity (Wildman–Crippen MR) is 138 cm³/mol. The summed E-state index contributed by atoms with van der Waals surface area (Å²) in [6.07, 6.45) is 3.97. The van der Waals surface area contributed by atoms with Crippen LogP contribution in [0.3, 0.4) is 0 Å². The van der Waals surface area contributed by atoms with Gasteiger partial charge in [-0.1, -0.05) is 36.4 Å². The molecule has 7 heteroatoms. The minimum absolute atomic E-state index is 0.0789. The van der Waals surface area contributed by atoms with Crippen molar-refractivity contribution in [2.45, 2.75) is 26.0 Å². The van der Waals surface area contributed by atoms with Gasteiger partial charge in [0.15, 0.2) is 0 Å². The van der Waals surface area contributed by atoms with Gasteiger partial charge in [0.05, 0.1) is 11.6 Å². The molecule has 1 saturated heterocycles. The first-order valence-electron chi connectivity index (χ1n) is 12.0. The first-order chi connectivity index (χ1) is 17.4. The number of nitrogens with zero attached hydrogens (tertiary/aromatic N) is 3. The molecular weight excluding hydrogens is 454 g/mol. The number of amides is 1. The number of pyridine rings is 1. The van der Waals surface area contributed by atoms with Crippen LogP contribution in [0.2, 0.25) is 0 Å². The average molecular weight is 486 g/mol. The maximum Gasteiger partial charge on any atom is 0.295 e. The van der Waals surface area contributed by atoms with E-state index < -0.39 is 17.7 Å². The Morgan fingerprint density at radius 2 is 1.86 bits per heavy atom. The Labute approximate surface area is 211 Å². The first kappa shape index (κ1) is 25.1. The number of aryl methyl sites for hydroxylation is 1. The molecule has 0 spiro atoms. The highest BCUT2D eigenvalue weighted by atomic mass is 16.5. The normalized spacial score (nSPS) is 17.1. The largest absolute Gasteiger partial charge is 0.507 e. The summed E-state index contributed by atoms with van der Waals surface area (Å²) in [6, 6.07) is 18.0. The first-order valence-corrected chi connectivity index (χ1v) is 12.0. The van der Waals surface area contributed by atoms with Gasteiger partial charge in [-0.3, -0.25) is 14.6 Å². The van der Waals surface area contributed by atoms with E-state index in [9.17, 15) is 14.7 Å². The van der Waals surface area contributed by atoms with Crippen molar-refractivity contribution in [2.24, 2.45) is 0 Å². The second-order valence-electron chi connectivity index (χ2n) is 9.19. The third-order valence-electron chi connectivity index (χ3n) is 6.23. The topological polar surface area (TPSA) is 83.0 Å². The van der Waals surface area contributed by atoms with E-state index in [0.29, 0.717) is 36.4 Å². The van der Waals surface area contributed by atoms with Crippen molar-refractivity contribution in [1.82, 2.24) is 14.8 Å². The van der Waals surface area contributed by atoms with Gasteiger partial charge in [0.1, 0.15) is 18.1 Å². The number of carbonyl (C=O) groups is 2. The molecule has 0 bridgehead atoms. The number of ketones is 1. The summed E-state index contributed by atoms with van der Waals surface area (Å²) >= 11 is 0. The third-order valence-corrected chi connectivity index (χ3v) is 6.23. The maximum absolute atomic E-state index is 13.2. The highest BCUT2D eigenvalue weighted by molar-refractivity contribution is 6.46. The van der Waals surface area contributed by atoms with Gasteiger partial charge in [-0.05, 0) is 74.9 Å². The number of aromatic nitrogens is 1. The summed E-state index contributed by atoms with van der Waals surface area (Å²) in [5.41, 5.74) is 3.08. The highest BCUT2D eigenvalue weighted by Crippen LogP contribution is 2.39. The minimum Gasteiger partial charge on any atom is -0.507 e. The standard InChI is InChI=1S/C29H31N3O4/c1-20-17-22(12-13-24(20)36-19-21-9-5-4-6-10-21)27(33)25-26(23-11-7-14-30-18-23)32(29(35)28(25)34)16-8-15-31(2)3/h4-7,9-14,17-18,26,33H,8,15-16,19H2,1-3H3/b27-25+/t26-/m1/s1. The number of hydrogen-bond donors (Lipinski definition) is 1. The van der Waals surface area contributed by atoms with E-state index in [2.05, 4.69) is 4.98 Å². The van der Waals surface area contributed by atoms with Crippen molar-refractivity contribution >= 4 is 17.4 Å². The number of Topliss-reactive ketones (excluding diaryl/α,β-unsaturated/α-hetero) is 1. The molecule has 0 unspecified atom stereocenters. The number of likely N-dealkylation sites (tertiary alicyclic amines) is 1. The van der Waals surface area contributed by atoms with Gasteiger partial charge in [0.2, 0.25) is 0 Å². The van der Waals surface area contributed by atoms with Gasteiger partial charge in [0.25, 0.3) is 11.7 Å². The van der Waals surface area contributed by atoms with E-state index >= 15 is 0 Å². The molecule has 7 nitrogen and oxygen atoms in total. The van der Waals surface area contributed by atoms with Gasteiger partial charge >= 0.3 is 0 Å². The predicted octanol–water partition coefficient (Wildman–Crippen LogP) is 4.34. The van der Waals surface area contributed by atoms with E-state index in [1.807, 2.05) is 62.3 Å². The van der Waals surface area contributed by atoms with Crippen molar-refractivity contribution in [1.29, 1.82) is 0 Å². The molecule has 0 aliphatic carbocycles. The highest BCUT2D eigenvalue weighted by Gasteiger charge is 2.45. The fourth-order valence-corrected chi connectivity index (χ4v) is 4.40. The van der Waals surface area contributed by atoms with Crippen molar-refractivity contribution in [3.63, 3.8) is 0 Å². The summed E-state index contributed by atoms with van der Waals surface area (Å²) < 4.78 is 5.95. The lowest BCUT2D eigenvalue weighted by molar-refractivity contribution is -0.139. The van der Waals surface area contributed by atoms with Crippen LogP contribution in [0, 0.1) is 6.92 Å². The number of ether oxygens (including phenoxy) is 1. The number of hydrogen-bond acceptors (Lipinski definition) is 6. The lowest BCUT2D eigenvalue weighted by atomic mass is 9.95. The van der Waals surface area contributed by atoms with Crippen LogP contribution < -0.4 is 4.74 Å². The molecule has 0 radical (unpaired) electrons. The van der Waals surface area contributed by atoms with Gasteiger partial charge in [-0.2, -0.15) is 0 Å². The molecule has 1 N–H and O–H groups in total. The second-order valence-corrected chi connectivity index (χ2v) is 9.19. The van der Waals surface area contributed by atoms with Crippen LogP contribution in [0.15, 0.2) is 78.6 Å². The lowest BCUT2D eigenvalue weighted by Gasteiger charge is -2.25. The van der Waals surface area contributed by atoms with Crippen LogP contribution >= 0.6 is 0 Å². The maximum atomic E-state index is 13.2. The molecule has 1 aromatic heterocycles. The van der Waals surface area contributed by atoms with E-state index in [4.69, 9.17) is 4.74 Å². The Kier molecular flexibility index (Phi) is 7.80. The molecule has 2 aromatic carbocycles. The number of aliphatic hydroxyl groups excluding tert-OH is 1. The minimum atomic E-state index is -0.699. The number of aliphatic hydroxyl groups is 1. The van der Waals surface area contributed by atoms with E-state index in [1.54, 1.807) is 41.6 Å². The van der Waals surface area contributed by atoms with Gasteiger partial charge < -0.3 is 19.6 Å². The molecule has 1 fully saturated rings. The quantitative estimate of drug-likeness (QED) is 0.276.